The van der Waals surface area contributed by atoms with Crippen molar-refractivity contribution in [2.45, 2.75) is 26.3 Å². The van der Waals surface area contributed by atoms with Crippen molar-refractivity contribution in [2.24, 2.45) is 11.3 Å². The summed E-state index contributed by atoms with van der Waals surface area (Å²) in [6.45, 7) is 7.02. The summed E-state index contributed by atoms with van der Waals surface area (Å²) in [5.74, 6) is 0.588. The summed E-state index contributed by atoms with van der Waals surface area (Å²) in [6, 6.07) is 21.8. The standard InChI is InChI=1S/C21H27NO/c1-17-15-22(16-21(17,2)13-14-23)20(18-9-5-3-6-10-18)19-11-7-4-8-12-19/h3-12,17,20,23H,13-16H2,1-2H3/t17-,21+/m1/s1. The van der Waals surface area contributed by atoms with Gasteiger partial charge in [-0.1, -0.05) is 74.5 Å². The summed E-state index contributed by atoms with van der Waals surface area (Å²) < 4.78 is 0. The molecule has 2 heteroatoms. The molecule has 3 rings (SSSR count). The molecule has 2 nitrogen and oxygen atoms in total. The Kier molecular flexibility index (Phi) is 4.84. The van der Waals surface area contributed by atoms with Crippen LogP contribution in [-0.4, -0.2) is 29.7 Å². The number of hydrogen-bond donors (Lipinski definition) is 1. The van der Waals surface area contributed by atoms with E-state index in [4.69, 9.17) is 0 Å². The lowest BCUT2D eigenvalue weighted by Crippen LogP contribution is -2.30. The first-order valence-electron chi connectivity index (χ1n) is 8.59. The van der Waals surface area contributed by atoms with Crippen LogP contribution >= 0.6 is 0 Å². The number of aliphatic hydroxyl groups is 1. The highest BCUT2D eigenvalue weighted by atomic mass is 16.3. The van der Waals surface area contributed by atoms with Crippen LogP contribution in [0.1, 0.15) is 37.4 Å². The monoisotopic (exact) mass is 309 g/mol. The van der Waals surface area contributed by atoms with Crippen LogP contribution in [-0.2, 0) is 0 Å². The lowest BCUT2D eigenvalue weighted by Gasteiger charge is -2.31. The van der Waals surface area contributed by atoms with Gasteiger partial charge in [0.15, 0.2) is 0 Å². The van der Waals surface area contributed by atoms with E-state index in [-0.39, 0.29) is 12.0 Å². The van der Waals surface area contributed by atoms with Gasteiger partial charge in [-0.15, -0.1) is 0 Å². The molecule has 1 saturated heterocycles. The molecule has 0 aliphatic carbocycles. The van der Waals surface area contributed by atoms with Gasteiger partial charge in [0.05, 0.1) is 6.04 Å². The van der Waals surface area contributed by atoms with Crippen LogP contribution in [0.4, 0.5) is 0 Å². The zero-order valence-corrected chi connectivity index (χ0v) is 14.2. The van der Waals surface area contributed by atoms with Gasteiger partial charge >= 0.3 is 0 Å². The van der Waals surface area contributed by atoms with E-state index < -0.39 is 0 Å². The maximum absolute atomic E-state index is 9.45. The Morgan fingerprint density at radius 3 is 2.04 bits per heavy atom. The molecular weight excluding hydrogens is 282 g/mol. The molecule has 0 amide bonds. The Balaban J connectivity index is 1.94. The molecule has 2 aromatic carbocycles. The van der Waals surface area contributed by atoms with Crippen molar-refractivity contribution >= 4 is 0 Å². The first-order valence-corrected chi connectivity index (χ1v) is 8.59. The summed E-state index contributed by atoms with van der Waals surface area (Å²) in [5.41, 5.74) is 2.88. The molecule has 23 heavy (non-hydrogen) atoms. The molecule has 0 unspecified atom stereocenters. The molecule has 2 atom stereocenters. The summed E-state index contributed by atoms with van der Waals surface area (Å²) >= 11 is 0. The molecule has 0 saturated carbocycles. The smallest absolute Gasteiger partial charge is 0.0602 e. The fourth-order valence-electron chi connectivity index (χ4n) is 3.92. The van der Waals surface area contributed by atoms with Crippen LogP contribution in [0.25, 0.3) is 0 Å². The molecule has 0 aromatic heterocycles. The second-order valence-electron chi connectivity index (χ2n) is 7.18. The summed E-state index contributed by atoms with van der Waals surface area (Å²) in [4.78, 5) is 2.59. The predicted molar refractivity (Wildman–Crippen MR) is 95.3 cm³/mol. The quantitative estimate of drug-likeness (QED) is 0.898. The molecule has 1 heterocycles. The number of aliphatic hydroxyl groups excluding tert-OH is 1. The fraction of sp³-hybridized carbons (Fsp3) is 0.429. The molecule has 1 aliphatic rings. The minimum Gasteiger partial charge on any atom is -0.396 e. The van der Waals surface area contributed by atoms with Gasteiger partial charge in [0.2, 0.25) is 0 Å². The molecule has 122 valence electrons. The van der Waals surface area contributed by atoms with Gasteiger partial charge < -0.3 is 5.11 Å². The van der Waals surface area contributed by atoms with E-state index in [9.17, 15) is 5.11 Å². The van der Waals surface area contributed by atoms with Crippen molar-refractivity contribution in [3.8, 4) is 0 Å². The van der Waals surface area contributed by atoms with E-state index in [1.54, 1.807) is 0 Å². The van der Waals surface area contributed by atoms with Gasteiger partial charge in [0.25, 0.3) is 0 Å². The Morgan fingerprint density at radius 2 is 1.57 bits per heavy atom. The fourth-order valence-corrected chi connectivity index (χ4v) is 3.92. The second kappa shape index (κ2) is 6.86. The van der Waals surface area contributed by atoms with Crippen molar-refractivity contribution < 1.29 is 5.11 Å². The third-order valence-corrected chi connectivity index (χ3v) is 5.54. The lowest BCUT2D eigenvalue weighted by atomic mass is 9.78. The zero-order chi connectivity index (χ0) is 16.3. The summed E-state index contributed by atoms with van der Waals surface area (Å²) in [5, 5.41) is 9.45. The molecular formula is C21H27NO. The van der Waals surface area contributed by atoms with Crippen LogP contribution in [0.3, 0.4) is 0 Å². The molecule has 0 bridgehead atoms. The van der Waals surface area contributed by atoms with E-state index in [2.05, 4.69) is 79.4 Å². The minimum atomic E-state index is 0.191. The van der Waals surface area contributed by atoms with Crippen LogP contribution in [0, 0.1) is 11.3 Å². The predicted octanol–water partition coefficient (Wildman–Crippen LogP) is 4.12. The van der Waals surface area contributed by atoms with Crippen molar-refractivity contribution in [2.75, 3.05) is 19.7 Å². The first-order chi connectivity index (χ1) is 11.1. The molecule has 0 radical (unpaired) electrons. The Labute approximate surface area is 139 Å². The van der Waals surface area contributed by atoms with Crippen molar-refractivity contribution in [1.29, 1.82) is 0 Å². The normalized spacial score (nSPS) is 25.1. The highest BCUT2D eigenvalue weighted by molar-refractivity contribution is 5.32. The number of rotatable bonds is 5. The summed E-state index contributed by atoms with van der Waals surface area (Å²) in [6.07, 6.45) is 0.876. The second-order valence-corrected chi connectivity index (χ2v) is 7.18. The molecule has 1 aliphatic heterocycles. The average Bonchev–Trinajstić information content (AvgIpc) is 2.85. The third-order valence-electron chi connectivity index (χ3n) is 5.54. The number of nitrogens with zero attached hydrogens (tertiary/aromatic N) is 1. The maximum Gasteiger partial charge on any atom is 0.0602 e. The van der Waals surface area contributed by atoms with Crippen molar-refractivity contribution in [3.63, 3.8) is 0 Å². The summed E-state index contributed by atoms with van der Waals surface area (Å²) in [7, 11) is 0. The topological polar surface area (TPSA) is 23.5 Å². The Morgan fingerprint density at radius 1 is 1.04 bits per heavy atom. The number of benzene rings is 2. The molecule has 2 aromatic rings. The van der Waals surface area contributed by atoms with E-state index in [1.807, 2.05) is 0 Å². The van der Waals surface area contributed by atoms with Crippen LogP contribution in [0.2, 0.25) is 0 Å². The van der Waals surface area contributed by atoms with Crippen molar-refractivity contribution in [1.82, 2.24) is 4.90 Å². The van der Waals surface area contributed by atoms with E-state index >= 15 is 0 Å². The van der Waals surface area contributed by atoms with Crippen molar-refractivity contribution in [3.05, 3.63) is 71.8 Å². The van der Waals surface area contributed by atoms with Gasteiger partial charge in [-0.05, 0) is 28.9 Å². The maximum atomic E-state index is 9.45. The Bertz CT molecular complexity index is 573. The SMILES string of the molecule is C[C@@H]1CN(C(c2ccccc2)c2ccccc2)C[C@]1(C)CCO. The number of likely N-dealkylation sites (tertiary alicyclic amines) is 1. The van der Waals surface area contributed by atoms with Gasteiger partial charge in [-0.2, -0.15) is 0 Å². The van der Waals surface area contributed by atoms with Crippen LogP contribution in [0.15, 0.2) is 60.7 Å². The van der Waals surface area contributed by atoms with Gasteiger partial charge in [0, 0.05) is 19.7 Å². The van der Waals surface area contributed by atoms with Gasteiger partial charge in [-0.25, -0.2) is 0 Å². The third kappa shape index (κ3) is 3.34. The van der Waals surface area contributed by atoms with Crippen LogP contribution < -0.4 is 0 Å². The molecule has 0 spiro atoms. The van der Waals surface area contributed by atoms with Gasteiger partial charge in [0.1, 0.15) is 0 Å². The highest BCUT2D eigenvalue weighted by Gasteiger charge is 2.42. The van der Waals surface area contributed by atoms with Crippen LogP contribution in [0.5, 0.6) is 0 Å². The van der Waals surface area contributed by atoms with E-state index in [0.29, 0.717) is 12.0 Å². The van der Waals surface area contributed by atoms with E-state index in [1.165, 1.54) is 11.1 Å². The highest BCUT2D eigenvalue weighted by Crippen LogP contribution is 2.43. The molecule has 1 fully saturated rings. The molecule has 1 N–H and O–H groups in total. The average molecular weight is 309 g/mol. The first kappa shape index (κ1) is 16.2. The Hall–Kier alpha value is -1.64. The van der Waals surface area contributed by atoms with E-state index in [0.717, 1.165) is 19.5 Å². The zero-order valence-electron chi connectivity index (χ0n) is 14.2. The lowest BCUT2D eigenvalue weighted by molar-refractivity contribution is 0.163. The van der Waals surface area contributed by atoms with Gasteiger partial charge in [-0.3, -0.25) is 4.90 Å². The minimum absolute atomic E-state index is 0.191. The number of hydrogen-bond acceptors (Lipinski definition) is 2. The largest absolute Gasteiger partial charge is 0.396 e.